The van der Waals surface area contributed by atoms with Crippen molar-refractivity contribution in [3.63, 3.8) is 0 Å². The zero-order valence-electron chi connectivity index (χ0n) is 8.97. The molecule has 2 aliphatic carbocycles. The van der Waals surface area contributed by atoms with Gasteiger partial charge >= 0.3 is 0 Å². The lowest BCUT2D eigenvalue weighted by atomic mass is 9.88. The highest BCUT2D eigenvalue weighted by Gasteiger charge is 2.73. The second kappa shape index (κ2) is 2.52. The van der Waals surface area contributed by atoms with E-state index in [9.17, 15) is 0 Å². The average molecular weight is 180 g/mol. The fraction of sp³-hybridized carbons (Fsp3) is 0.833. The lowest BCUT2D eigenvalue weighted by Crippen LogP contribution is -2.25. The first-order chi connectivity index (χ1) is 6.04. The Morgan fingerprint density at radius 1 is 1.38 bits per heavy atom. The molecule has 2 aliphatic rings. The van der Waals surface area contributed by atoms with Crippen molar-refractivity contribution in [1.29, 1.82) is 0 Å². The summed E-state index contributed by atoms with van der Waals surface area (Å²) in [6.45, 7) is 10.7. The van der Waals surface area contributed by atoms with Gasteiger partial charge in [0, 0.05) is 11.3 Å². The molecule has 0 saturated heterocycles. The minimum Gasteiger partial charge on any atom is -0.495 e. The zero-order chi connectivity index (χ0) is 9.69. The van der Waals surface area contributed by atoms with Crippen LogP contribution in [0.5, 0.6) is 0 Å². The van der Waals surface area contributed by atoms with Crippen LogP contribution in [0.1, 0.15) is 40.0 Å². The van der Waals surface area contributed by atoms with Crippen LogP contribution in [0, 0.1) is 17.3 Å². The molecule has 0 amide bonds. The van der Waals surface area contributed by atoms with Crippen LogP contribution in [0.25, 0.3) is 0 Å². The number of fused-ring (bicyclic) bond motifs is 1. The lowest BCUT2D eigenvalue weighted by Gasteiger charge is -2.27. The van der Waals surface area contributed by atoms with Gasteiger partial charge in [-0.2, -0.15) is 0 Å². The van der Waals surface area contributed by atoms with Crippen molar-refractivity contribution in [3.8, 4) is 0 Å². The van der Waals surface area contributed by atoms with Crippen molar-refractivity contribution in [2.75, 3.05) is 0 Å². The van der Waals surface area contributed by atoms with Gasteiger partial charge in [-0.25, -0.2) is 0 Å². The molecule has 74 valence electrons. The highest BCUT2D eigenvalue weighted by atomic mass is 16.5. The minimum absolute atomic E-state index is 0.145. The maximum absolute atomic E-state index is 5.79. The van der Waals surface area contributed by atoms with E-state index in [1.165, 1.54) is 19.3 Å². The highest BCUT2D eigenvalue weighted by Crippen LogP contribution is 2.70. The Morgan fingerprint density at radius 2 is 2.08 bits per heavy atom. The summed E-state index contributed by atoms with van der Waals surface area (Å²) in [7, 11) is 0. The average Bonchev–Trinajstić information content (AvgIpc) is 2.48. The van der Waals surface area contributed by atoms with Crippen molar-refractivity contribution in [3.05, 3.63) is 12.8 Å². The normalized spacial score (nSPS) is 46.4. The first-order valence-electron chi connectivity index (χ1n) is 5.33. The van der Waals surface area contributed by atoms with Crippen molar-refractivity contribution >= 4 is 0 Å². The smallest absolute Gasteiger partial charge is 0.117 e. The SMILES string of the molecule is C=COC12CC(C)CCC1C2(C)C. The largest absolute Gasteiger partial charge is 0.495 e. The second-order valence-electron chi connectivity index (χ2n) is 5.33. The quantitative estimate of drug-likeness (QED) is 0.592. The molecule has 0 aromatic rings. The highest BCUT2D eigenvalue weighted by molar-refractivity contribution is 5.22. The van der Waals surface area contributed by atoms with Gasteiger partial charge in [-0.15, -0.1) is 0 Å². The van der Waals surface area contributed by atoms with E-state index < -0.39 is 0 Å². The summed E-state index contributed by atoms with van der Waals surface area (Å²) in [5, 5.41) is 0. The third kappa shape index (κ3) is 0.992. The molecule has 0 aromatic carbocycles. The van der Waals surface area contributed by atoms with Gasteiger partial charge in [0.15, 0.2) is 0 Å². The molecular formula is C12H20O. The summed E-state index contributed by atoms with van der Waals surface area (Å²) in [5.74, 6) is 1.59. The summed E-state index contributed by atoms with van der Waals surface area (Å²) in [6, 6.07) is 0. The van der Waals surface area contributed by atoms with Gasteiger partial charge in [-0.1, -0.05) is 33.8 Å². The molecule has 0 heterocycles. The first-order valence-corrected chi connectivity index (χ1v) is 5.33. The molecule has 2 fully saturated rings. The third-order valence-corrected chi connectivity index (χ3v) is 4.33. The van der Waals surface area contributed by atoms with Gasteiger partial charge < -0.3 is 4.74 Å². The zero-order valence-corrected chi connectivity index (χ0v) is 8.97. The standard InChI is InChI=1S/C12H20O/c1-5-13-12-8-9(2)6-7-10(12)11(12,3)4/h5,9-10H,1,6-8H2,2-4H3. The molecule has 1 heteroatoms. The molecule has 0 N–H and O–H groups in total. The monoisotopic (exact) mass is 180 g/mol. The Balaban J connectivity index is 2.19. The summed E-state index contributed by atoms with van der Waals surface area (Å²) in [5.41, 5.74) is 0.526. The molecule has 2 rings (SSSR count). The lowest BCUT2D eigenvalue weighted by molar-refractivity contribution is 0.0416. The Morgan fingerprint density at radius 3 is 2.69 bits per heavy atom. The topological polar surface area (TPSA) is 9.23 Å². The van der Waals surface area contributed by atoms with E-state index >= 15 is 0 Å². The maximum atomic E-state index is 5.79. The van der Waals surface area contributed by atoms with Crippen LogP contribution < -0.4 is 0 Å². The predicted molar refractivity (Wildman–Crippen MR) is 54.3 cm³/mol. The summed E-state index contributed by atoms with van der Waals surface area (Å²) >= 11 is 0. The molecule has 3 atom stereocenters. The van der Waals surface area contributed by atoms with E-state index in [2.05, 4.69) is 27.4 Å². The number of rotatable bonds is 2. The van der Waals surface area contributed by atoms with Crippen molar-refractivity contribution in [1.82, 2.24) is 0 Å². The Bertz CT molecular complexity index is 231. The molecule has 2 saturated carbocycles. The summed E-state index contributed by atoms with van der Waals surface area (Å²) < 4.78 is 5.79. The van der Waals surface area contributed by atoms with Crippen LogP contribution in [0.15, 0.2) is 12.8 Å². The van der Waals surface area contributed by atoms with Crippen LogP contribution in [0.4, 0.5) is 0 Å². The van der Waals surface area contributed by atoms with Gasteiger partial charge in [0.2, 0.25) is 0 Å². The van der Waals surface area contributed by atoms with E-state index in [1.807, 2.05) is 0 Å². The summed E-state index contributed by atoms with van der Waals surface area (Å²) in [6.07, 6.45) is 5.56. The van der Waals surface area contributed by atoms with Gasteiger partial charge in [0.1, 0.15) is 5.60 Å². The Hall–Kier alpha value is -0.460. The number of hydrogen-bond donors (Lipinski definition) is 0. The molecule has 0 bridgehead atoms. The van der Waals surface area contributed by atoms with E-state index in [0.29, 0.717) is 5.41 Å². The molecule has 0 radical (unpaired) electrons. The van der Waals surface area contributed by atoms with E-state index in [-0.39, 0.29) is 5.60 Å². The summed E-state index contributed by atoms with van der Waals surface area (Å²) in [4.78, 5) is 0. The van der Waals surface area contributed by atoms with Crippen molar-refractivity contribution < 1.29 is 4.74 Å². The third-order valence-electron chi connectivity index (χ3n) is 4.33. The van der Waals surface area contributed by atoms with Gasteiger partial charge in [-0.05, 0) is 18.8 Å². The molecule has 0 spiro atoms. The Labute approximate surface area is 81.2 Å². The van der Waals surface area contributed by atoms with Gasteiger partial charge in [-0.3, -0.25) is 0 Å². The van der Waals surface area contributed by atoms with Gasteiger partial charge in [0.25, 0.3) is 0 Å². The maximum Gasteiger partial charge on any atom is 0.117 e. The van der Waals surface area contributed by atoms with Crippen molar-refractivity contribution in [2.24, 2.45) is 17.3 Å². The fourth-order valence-corrected chi connectivity index (χ4v) is 3.42. The van der Waals surface area contributed by atoms with Crippen LogP contribution in [0.2, 0.25) is 0 Å². The predicted octanol–water partition coefficient (Wildman–Crippen LogP) is 3.36. The molecule has 3 unspecified atom stereocenters. The van der Waals surface area contributed by atoms with Gasteiger partial charge in [0.05, 0.1) is 6.26 Å². The first kappa shape index (κ1) is 9.11. The fourth-order valence-electron chi connectivity index (χ4n) is 3.42. The number of ether oxygens (including phenoxy) is 1. The number of hydrogen-bond acceptors (Lipinski definition) is 1. The minimum atomic E-state index is 0.145. The molecular weight excluding hydrogens is 160 g/mol. The second-order valence-corrected chi connectivity index (χ2v) is 5.33. The van der Waals surface area contributed by atoms with E-state index in [1.54, 1.807) is 6.26 Å². The van der Waals surface area contributed by atoms with Crippen LogP contribution in [-0.4, -0.2) is 5.60 Å². The van der Waals surface area contributed by atoms with Crippen molar-refractivity contribution in [2.45, 2.75) is 45.6 Å². The Kier molecular flexibility index (Phi) is 1.77. The molecule has 0 aromatic heterocycles. The van der Waals surface area contributed by atoms with Crippen LogP contribution in [0.3, 0.4) is 0 Å². The molecule has 0 aliphatic heterocycles. The van der Waals surface area contributed by atoms with E-state index in [4.69, 9.17) is 4.74 Å². The van der Waals surface area contributed by atoms with Crippen LogP contribution in [-0.2, 0) is 4.74 Å². The molecule has 13 heavy (non-hydrogen) atoms. The van der Waals surface area contributed by atoms with E-state index in [0.717, 1.165) is 11.8 Å². The van der Waals surface area contributed by atoms with Crippen LogP contribution >= 0.6 is 0 Å². The molecule has 1 nitrogen and oxygen atoms in total.